The van der Waals surface area contributed by atoms with Crippen LogP contribution in [0.25, 0.3) is 0 Å². The van der Waals surface area contributed by atoms with Crippen molar-refractivity contribution in [2.45, 2.75) is 26.1 Å². The van der Waals surface area contributed by atoms with Crippen LogP contribution in [0.15, 0.2) is 24.3 Å². The molecule has 19 heavy (non-hydrogen) atoms. The van der Waals surface area contributed by atoms with Crippen LogP contribution in [0.4, 0.5) is 13.2 Å². The average molecular weight is 295 g/mol. The Morgan fingerprint density at radius 3 is 2.11 bits per heavy atom. The van der Waals surface area contributed by atoms with E-state index in [2.05, 4.69) is 0 Å². The van der Waals surface area contributed by atoms with Crippen molar-refractivity contribution in [3.63, 3.8) is 0 Å². The molecule has 3 nitrogen and oxygen atoms in total. The molecule has 1 rings (SSSR count). The van der Waals surface area contributed by atoms with Gasteiger partial charge in [-0.3, -0.25) is 0 Å². The monoisotopic (exact) mass is 295 g/mol. The molecule has 108 valence electrons. The first-order chi connectivity index (χ1) is 8.66. The minimum Gasteiger partial charge on any atom is -0.212 e. The van der Waals surface area contributed by atoms with Crippen molar-refractivity contribution in [1.29, 1.82) is 0 Å². The molecule has 0 spiro atoms. The lowest BCUT2D eigenvalue weighted by Crippen LogP contribution is -2.28. The van der Waals surface area contributed by atoms with E-state index < -0.39 is 21.8 Å². The molecule has 0 aliphatic heterocycles. The molecule has 0 aromatic heterocycles. The van der Waals surface area contributed by atoms with Crippen LogP contribution in [0.3, 0.4) is 0 Å². The van der Waals surface area contributed by atoms with Crippen LogP contribution in [-0.4, -0.2) is 25.5 Å². The van der Waals surface area contributed by atoms with E-state index in [1.807, 2.05) is 0 Å². The summed E-state index contributed by atoms with van der Waals surface area (Å²) in [6, 6.07) is 4.49. The third-order valence-electron chi connectivity index (χ3n) is 2.62. The molecule has 0 amide bonds. The van der Waals surface area contributed by atoms with Gasteiger partial charge in [0.2, 0.25) is 10.0 Å². The van der Waals surface area contributed by atoms with Crippen molar-refractivity contribution in [1.82, 2.24) is 4.31 Å². The van der Waals surface area contributed by atoms with Gasteiger partial charge < -0.3 is 0 Å². The molecule has 0 saturated carbocycles. The van der Waals surface area contributed by atoms with E-state index in [4.69, 9.17) is 0 Å². The van der Waals surface area contributed by atoms with E-state index in [-0.39, 0.29) is 12.3 Å². The minimum atomic E-state index is -4.38. The Labute approximate surface area is 111 Å². The SMILES string of the molecule is CCCS(=O)(=O)N(C)Cc1ccc(C(F)(F)F)cc1. The third-order valence-corrected chi connectivity index (χ3v) is 4.63. The van der Waals surface area contributed by atoms with Gasteiger partial charge in [-0.15, -0.1) is 0 Å². The molecule has 0 saturated heterocycles. The topological polar surface area (TPSA) is 37.4 Å². The maximum Gasteiger partial charge on any atom is 0.416 e. The molecule has 1 aromatic carbocycles. The van der Waals surface area contributed by atoms with Crippen molar-refractivity contribution >= 4 is 10.0 Å². The first-order valence-electron chi connectivity index (χ1n) is 5.77. The zero-order valence-electron chi connectivity index (χ0n) is 10.7. The van der Waals surface area contributed by atoms with Gasteiger partial charge in [-0.05, 0) is 24.1 Å². The molecule has 1 aromatic rings. The minimum absolute atomic E-state index is 0.0319. The van der Waals surface area contributed by atoms with Crippen molar-refractivity contribution in [3.05, 3.63) is 35.4 Å². The van der Waals surface area contributed by atoms with Gasteiger partial charge in [-0.25, -0.2) is 12.7 Å². The normalized spacial score (nSPS) is 12.9. The largest absolute Gasteiger partial charge is 0.416 e. The Bertz CT molecular complexity index is 509. The molecule has 0 atom stereocenters. The van der Waals surface area contributed by atoms with Crippen LogP contribution < -0.4 is 0 Å². The Balaban J connectivity index is 2.79. The lowest BCUT2D eigenvalue weighted by atomic mass is 10.1. The van der Waals surface area contributed by atoms with Gasteiger partial charge in [-0.1, -0.05) is 19.1 Å². The zero-order chi connectivity index (χ0) is 14.7. The number of hydrogen-bond donors (Lipinski definition) is 0. The van der Waals surface area contributed by atoms with E-state index in [0.717, 1.165) is 16.4 Å². The van der Waals surface area contributed by atoms with Gasteiger partial charge in [-0.2, -0.15) is 13.2 Å². The number of rotatable bonds is 5. The van der Waals surface area contributed by atoms with Crippen molar-refractivity contribution in [2.24, 2.45) is 0 Å². The summed E-state index contributed by atoms with van der Waals surface area (Å²) in [6.45, 7) is 1.82. The highest BCUT2D eigenvalue weighted by molar-refractivity contribution is 7.89. The summed E-state index contributed by atoms with van der Waals surface area (Å²) in [6.07, 6.45) is -3.88. The van der Waals surface area contributed by atoms with Crippen LogP contribution in [0.5, 0.6) is 0 Å². The van der Waals surface area contributed by atoms with Crippen LogP contribution in [0, 0.1) is 0 Å². The fraction of sp³-hybridized carbons (Fsp3) is 0.500. The summed E-state index contributed by atoms with van der Waals surface area (Å²) in [7, 11) is -1.92. The van der Waals surface area contributed by atoms with Gasteiger partial charge in [0.15, 0.2) is 0 Å². The second kappa shape index (κ2) is 5.92. The number of sulfonamides is 1. The summed E-state index contributed by atoms with van der Waals surface area (Å²) in [5, 5.41) is 0. The molecule has 0 aliphatic rings. The molecule has 0 radical (unpaired) electrons. The second-order valence-electron chi connectivity index (χ2n) is 4.27. The standard InChI is InChI=1S/C12H16F3NO2S/c1-3-8-19(17,18)16(2)9-10-4-6-11(7-5-10)12(13,14)15/h4-7H,3,8-9H2,1-2H3. The quantitative estimate of drug-likeness (QED) is 0.837. The molecule has 0 N–H and O–H groups in total. The summed E-state index contributed by atoms with van der Waals surface area (Å²) < 4.78 is 61.7. The zero-order valence-corrected chi connectivity index (χ0v) is 11.6. The van der Waals surface area contributed by atoms with Gasteiger partial charge in [0.1, 0.15) is 0 Å². The fourth-order valence-corrected chi connectivity index (χ4v) is 2.74. The molecular weight excluding hydrogens is 279 g/mol. The van der Waals surface area contributed by atoms with Gasteiger partial charge in [0, 0.05) is 13.6 Å². The van der Waals surface area contributed by atoms with Gasteiger partial charge >= 0.3 is 6.18 Å². The number of benzene rings is 1. The third kappa shape index (κ3) is 4.50. The molecular formula is C12H16F3NO2S. The summed E-state index contributed by atoms with van der Waals surface area (Å²) >= 11 is 0. The van der Waals surface area contributed by atoms with Gasteiger partial charge in [0.05, 0.1) is 11.3 Å². The summed E-state index contributed by atoms with van der Waals surface area (Å²) in [4.78, 5) is 0. The maximum absolute atomic E-state index is 12.4. The number of nitrogens with zero attached hydrogens (tertiary/aromatic N) is 1. The first kappa shape index (κ1) is 16.0. The predicted octanol–water partition coefficient (Wildman–Crippen LogP) is 2.88. The molecule has 0 unspecified atom stereocenters. The molecule has 0 heterocycles. The van der Waals surface area contributed by atoms with Crippen molar-refractivity contribution < 1.29 is 21.6 Å². The van der Waals surface area contributed by atoms with E-state index in [9.17, 15) is 21.6 Å². The van der Waals surface area contributed by atoms with E-state index in [1.165, 1.54) is 19.2 Å². The van der Waals surface area contributed by atoms with E-state index in [1.54, 1.807) is 6.92 Å². The Kier molecular flexibility index (Phi) is 4.98. The summed E-state index contributed by atoms with van der Waals surface area (Å²) in [5.41, 5.74) is -0.217. The van der Waals surface area contributed by atoms with Gasteiger partial charge in [0.25, 0.3) is 0 Å². The van der Waals surface area contributed by atoms with Crippen LogP contribution in [-0.2, 0) is 22.7 Å². The maximum atomic E-state index is 12.4. The van der Waals surface area contributed by atoms with E-state index in [0.29, 0.717) is 12.0 Å². The predicted molar refractivity (Wildman–Crippen MR) is 67.0 cm³/mol. The van der Waals surface area contributed by atoms with E-state index >= 15 is 0 Å². The first-order valence-corrected chi connectivity index (χ1v) is 7.38. The number of alkyl halides is 3. The van der Waals surface area contributed by atoms with Crippen molar-refractivity contribution in [2.75, 3.05) is 12.8 Å². The smallest absolute Gasteiger partial charge is 0.212 e. The highest BCUT2D eigenvalue weighted by Gasteiger charge is 2.30. The highest BCUT2D eigenvalue weighted by atomic mass is 32.2. The lowest BCUT2D eigenvalue weighted by Gasteiger charge is -2.17. The Morgan fingerprint density at radius 2 is 1.68 bits per heavy atom. The summed E-state index contributed by atoms with van der Waals surface area (Å²) in [5.74, 6) is 0.0319. The molecule has 0 fully saturated rings. The lowest BCUT2D eigenvalue weighted by molar-refractivity contribution is -0.137. The average Bonchev–Trinajstić information content (AvgIpc) is 2.28. The molecule has 7 heteroatoms. The number of hydrogen-bond acceptors (Lipinski definition) is 2. The van der Waals surface area contributed by atoms with Crippen LogP contribution >= 0.6 is 0 Å². The van der Waals surface area contributed by atoms with Crippen LogP contribution in [0.1, 0.15) is 24.5 Å². The Morgan fingerprint density at radius 1 is 1.16 bits per heavy atom. The Hall–Kier alpha value is -1.08. The fourth-order valence-electron chi connectivity index (χ4n) is 1.57. The number of halogens is 3. The molecule has 0 aliphatic carbocycles. The second-order valence-corrected chi connectivity index (χ2v) is 6.46. The van der Waals surface area contributed by atoms with Crippen LogP contribution in [0.2, 0.25) is 0 Å². The molecule has 0 bridgehead atoms. The van der Waals surface area contributed by atoms with Crippen molar-refractivity contribution in [3.8, 4) is 0 Å². The highest BCUT2D eigenvalue weighted by Crippen LogP contribution is 2.29.